The van der Waals surface area contributed by atoms with Crippen molar-refractivity contribution in [3.63, 3.8) is 0 Å². The summed E-state index contributed by atoms with van der Waals surface area (Å²) >= 11 is 3.95. The van der Waals surface area contributed by atoms with E-state index >= 15 is 0 Å². The van der Waals surface area contributed by atoms with Crippen molar-refractivity contribution in [3.8, 4) is 0 Å². The summed E-state index contributed by atoms with van der Waals surface area (Å²) in [5.74, 6) is -1.10. The fourth-order valence-corrected chi connectivity index (χ4v) is 5.40. The van der Waals surface area contributed by atoms with Gasteiger partial charge in [-0.2, -0.15) is 0 Å². The van der Waals surface area contributed by atoms with Gasteiger partial charge in [-0.25, -0.2) is 17.9 Å². The van der Waals surface area contributed by atoms with Crippen LogP contribution >= 0.6 is 27.3 Å². The van der Waals surface area contributed by atoms with E-state index in [0.717, 1.165) is 30.2 Å². The van der Waals surface area contributed by atoms with Gasteiger partial charge in [-0.3, -0.25) is 0 Å². The molecule has 1 atom stereocenters. The van der Waals surface area contributed by atoms with Crippen LogP contribution in [0.25, 0.3) is 0 Å². The molecule has 3 N–H and O–H groups in total. The molecule has 0 saturated carbocycles. The predicted molar refractivity (Wildman–Crippen MR) is 84.3 cm³/mol. The highest BCUT2D eigenvalue weighted by Crippen LogP contribution is 2.31. The SMILES string of the molecule is CCCC(CCO)CNS(=O)(=O)c1cc(C(=O)O)sc1Br. The molecule has 120 valence electrons. The minimum absolute atomic E-state index is 0.0116. The second-order valence-electron chi connectivity index (χ2n) is 4.57. The average Bonchev–Trinajstić information content (AvgIpc) is 2.80. The predicted octanol–water partition coefficient (Wildman–Crippen LogP) is 2.29. The monoisotopic (exact) mass is 399 g/mol. The smallest absolute Gasteiger partial charge is 0.345 e. The van der Waals surface area contributed by atoms with Crippen LogP contribution in [0.1, 0.15) is 35.9 Å². The number of hydrogen-bond acceptors (Lipinski definition) is 5. The fourth-order valence-electron chi connectivity index (χ4n) is 1.89. The van der Waals surface area contributed by atoms with Gasteiger partial charge in [-0.1, -0.05) is 13.3 Å². The van der Waals surface area contributed by atoms with E-state index in [2.05, 4.69) is 20.7 Å². The zero-order valence-electron chi connectivity index (χ0n) is 11.5. The molecule has 0 fully saturated rings. The number of carbonyl (C=O) groups is 1. The molecule has 0 spiro atoms. The summed E-state index contributed by atoms with van der Waals surface area (Å²) in [5.41, 5.74) is 0. The van der Waals surface area contributed by atoms with Crippen molar-refractivity contribution in [2.24, 2.45) is 5.92 Å². The number of sulfonamides is 1. The highest BCUT2D eigenvalue weighted by Gasteiger charge is 2.23. The highest BCUT2D eigenvalue weighted by molar-refractivity contribution is 9.11. The number of rotatable bonds is 9. The van der Waals surface area contributed by atoms with Gasteiger partial charge in [0.15, 0.2) is 0 Å². The molecule has 0 aliphatic heterocycles. The van der Waals surface area contributed by atoms with Crippen LogP contribution in [-0.2, 0) is 10.0 Å². The maximum absolute atomic E-state index is 12.2. The largest absolute Gasteiger partial charge is 0.477 e. The molecule has 1 rings (SSSR count). The maximum Gasteiger partial charge on any atom is 0.345 e. The topological polar surface area (TPSA) is 104 Å². The summed E-state index contributed by atoms with van der Waals surface area (Å²) in [6, 6.07) is 1.14. The van der Waals surface area contributed by atoms with Gasteiger partial charge >= 0.3 is 5.97 Å². The van der Waals surface area contributed by atoms with Crippen LogP contribution in [0.5, 0.6) is 0 Å². The van der Waals surface area contributed by atoms with Gasteiger partial charge in [-0.15, -0.1) is 11.3 Å². The lowest BCUT2D eigenvalue weighted by Gasteiger charge is -2.15. The Labute approximate surface area is 136 Å². The lowest BCUT2D eigenvalue weighted by Crippen LogP contribution is -2.29. The van der Waals surface area contributed by atoms with Crippen molar-refractivity contribution >= 4 is 43.3 Å². The maximum atomic E-state index is 12.2. The minimum atomic E-state index is -3.77. The summed E-state index contributed by atoms with van der Waals surface area (Å²) in [6.07, 6.45) is 2.24. The lowest BCUT2D eigenvalue weighted by molar-refractivity contribution is 0.0702. The van der Waals surface area contributed by atoms with Crippen LogP contribution < -0.4 is 4.72 Å². The zero-order valence-corrected chi connectivity index (χ0v) is 14.7. The van der Waals surface area contributed by atoms with Gasteiger partial charge in [0.25, 0.3) is 0 Å². The first-order chi connectivity index (χ1) is 9.81. The van der Waals surface area contributed by atoms with Crippen molar-refractivity contribution in [3.05, 3.63) is 14.7 Å². The normalized spacial score (nSPS) is 13.3. The second-order valence-corrected chi connectivity index (χ2v) is 8.68. The van der Waals surface area contributed by atoms with E-state index in [4.69, 9.17) is 10.2 Å². The van der Waals surface area contributed by atoms with Gasteiger partial charge in [0.05, 0.1) is 3.79 Å². The van der Waals surface area contributed by atoms with Crippen molar-refractivity contribution in [1.82, 2.24) is 4.72 Å². The third-order valence-corrected chi connectivity index (χ3v) is 6.62. The lowest BCUT2D eigenvalue weighted by atomic mass is 10.0. The number of nitrogens with one attached hydrogen (secondary N) is 1. The number of carboxylic acids is 1. The molecule has 9 heteroatoms. The van der Waals surface area contributed by atoms with Crippen LogP contribution in [0.15, 0.2) is 14.7 Å². The van der Waals surface area contributed by atoms with E-state index in [-0.39, 0.29) is 32.6 Å². The fraction of sp³-hybridized carbons (Fsp3) is 0.583. The molecule has 0 aliphatic rings. The van der Waals surface area contributed by atoms with E-state index < -0.39 is 16.0 Å². The molecule has 0 radical (unpaired) electrons. The summed E-state index contributed by atoms with van der Waals surface area (Å²) in [4.78, 5) is 10.8. The summed E-state index contributed by atoms with van der Waals surface area (Å²) in [5, 5.41) is 17.9. The molecule has 21 heavy (non-hydrogen) atoms. The van der Waals surface area contributed by atoms with E-state index in [0.29, 0.717) is 6.42 Å². The van der Waals surface area contributed by atoms with E-state index in [1.54, 1.807) is 0 Å². The Hall–Kier alpha value is -0.480. The molecule has 0 aromatic carbocycles. The Balaban J connectivity index is 2.83. The standard InChI is InChI=1S/C12H18BrNO5S2/c1-2-3-8(4-5-15)7-14-21(18,19)10-6-9(12(16)17)20-11(10)13/h6,8,14-15H,2-5,7H2,1H3,(H,16,17). The third-order valence-electron chi connectivity index (χ3n) is 2.95. The first-order valence-electron chi connectivity index (χ1n) is 6.45. The molecule has 1 aromatic rings. The van der Waals surface area contributed by atoms with Gasteiger partial charge in [0.2, 0.25) is 10.0 Å². The molecule has 1 unspecified atom stereocenters. The molecule has 1 heterocycles. The average molecular weight is 400 g/mol. The summed E-state index contributed by atoms with van der Waals surface area (Å²) in [6.45, 7) is 2.23. The number of halogens is 1. The van der Waals surface area contributed by atoms with Crippen molar-refractivity contribution in [2.45, 2.75) is 31.1 Å². The van der Waals surface area contributed by atoms with Gasteiger partial charge in [0.1, 0.15) is 9.77 Å². The molecular formula is C12H18BrNO5S2. The van der Waals surface area contributed by atoms with Gasteiger partial charge in [0, 0.05) is 13.2 Å². The third kappa shape index (κ3) is 5.33. The minimum Gasteiger partial charge on any atom is -0.477 e. The van der Waals surface area contributed by atoms with Gasteiger partial charge < -0.3 is 10.2 Å². The number of carboxylic acid groups (broad SMARTS) is 1. The Morgan fingerprint density at radius 1 is 1.48 bits per heavy atom. The van der Waals surface area contributed by atoms with E-state index in [1.807, 2.05) is 6.92 Å². The molecule has 1 aromatic heterocycles. The second kappa shape index (κ2) is 8.23. The molecule has 6 nitrogen and oxygen atoms in total. The van der Waals surface area contributed by atoms with Crippen LogP contribution in [0.3, 0.4) is 0 Å². The number of hydrogen-bond donors (Lipinski definition) is 3. The Morgan fingerprint density at radius 2 is 2.14 bits per heavy atom. The van der Waals surface area contributed by atoms with Crippen molar-refractivity contribution in [1.29, 1.82) is 0 Å². The Kier molecular flexibility index (Phi) is 7.28. The quantitative estimate of drug-likeness (QED) is 0.590. The number of aromatic carboxylic acids is 1. The molecule has 0 saturated heterocycles. The summed E-state index contributed by atoms with van der Waals surface area (Å²) in [7, 11) is -3.77. The van der Waals surface area contributed by atoms with E-state index in [9.17, 15) is 13.2 Å². The Morgan fingerprint density at radius 3 is 2.62 bits per heavy atom. The van der Waals surface area contributed by atoms with Gasteiger partial charge in [-0.05, 0) is 40.8 Å². The van der Waals surface area contributed by atoms with Crippen molar-refractivity contribution < 1.29 is 23.4 Å². The van der Waals surface area contributed by atoms with Crippen LogP contribution in [0, 0.1) is 5.92 Å². The molecule has 0 amide bonds. The molecule has 0 bridgehead atoms. The van der Waals surface area contributed by atoms with Crippen LogP contribution in [0.2, 0.25) is 0 Å². The first kappa shape index (κ1) is 18.6. The molecule has 0 aliphatic carbocycles. The number of aliphatic hydroxyl groups excluding tert-OH is 1. The van der Waals surface area contributed by atoms with E-state index in [1.165, 1.54) is 0 Å². The molecular weight excluding hydrogens is 382 g/mol. The first-order valence-corrected chi connectivity index (χ1v) is 9.54. The van der Waals surface area contributed by atoms with Crippen LogP contribution in [-0.4, -0.2) is 37.8 Å². The zero-order chi connectivity index (χ0) is 16.0. The van der Waals surface area contributed by atoms with Crippen molar-refractivity contribution in [2.75, 3.05) is 13.2 Å². The Bertz CT molecular complexity index is 578. The summed E-state index contributed by atoms with van der Waals surface area (Å²) < 4.78 is 27.2. The highest BCUT2D eigenvalue weighted by atomic mass is 79.9. The number of aliphatic hydroxyl groups is 1. The number of thiophene rings is 1. The van der Waals surface area contributed by atoms with Crippen LogP contribution in [0.4, 0.5) is 0 Å².